The van der Waals surface area contributed by atoms with Gasteiger partial charge in [0, 0.05) is 18.0 Å². The molecule has 4 saturated carbocycles. The zero-order chi connectivity index (χ0) is 23.8. The van der Waals surface area contributed by atoms with Crippen molar-refractivity contribution in [1.82, 2.24) is 10.6 Å². The van der Waals surface area contributed by atoms with Gasteiger partial charge in [0.15, 0.2) is 0 Å². The zero-order valence-electron chi connectivity index (χ0n) is 19.0. The Balaban J connectivity index is 1.14. The summed E-state index contributed by atoms with van der Waals surface area (Å²) in [6.45, 7) is -0.00908. The minimum absolute atomic E-state index is 0.0166. The van der Waals surface area contributed by atoms with E-state index in [1.165, 1.54) is 19.3 Å². The van der Waals surface area contributed by atoms with Crippen molar-refractivity contribution in [2.24, 2.45) is 23.2 Å². The molecule has 33 heavy (non-hydrogen) atoms. The third kappa shape index (κ3) is 5.81. The number of hydrogen-bond acceptors (Lipinski definition) is 8. The Bertz CT molecular complexity index is 717. The van der Waals surface area contributed by atoms with E-state index in [0.29, 0.717) is 30.7 Å². The monoisotopic (exact) mass is 490 g/mol. The molecule has 1 saturated heterocycles. The average Bonchev–Trinajstić information content (AvgIpc) is 2.99. The van der Waals surface area contributed by atoms with Crippen molar-refractivity contribution in [2.45, 2.75) is 81.8 Å². The lowest BCUT2D eigenvalue weighted by atomic mass is 9.49. The molecule has 7 N–H and O–H groups in total. The Labute approximate surface area is 194 Å². The molecule has 0 radical (unpaired) electrons. The molecule has 1 heterocycles. The van der Waals surface area contributed by atoms with Gasteiger partial charge >= 0.3 is 7.60 Å². The van der Waals surface area contributed by atoms with E-state index >= 15 is 0 Å². The highest BCUT2D eigenvalue weighted by Crippen LogP contribution is 2.60. The van der Waals surface area contributed by atoms with Crippen molar-refractivity contribution >= 4 is 13.5 Å². The van der Waals surface area contributed by atoms with Crippen molar-refractivity contribution in [2.75, 3.05) is 25.9 Å². The second kappa shape index (κ2) is 10.2. The highest BCUT2D eigenvalue weighted by molar-refractivity contribution is 7.52. The van der Waals surface area contributed by atoms with Crippen molar-refractivity contribution in [3.05, 3.63) is 0 Å². The number of hydrogen-bond donors (Lipinski definition) is 7. The SMILES string of the molecule is O=C(NCCCOP(=O)(O)C[C@H](O)C[C@H]1N[C@H](CO)[C@@H](O)[C@@H]1O)C12CC3CC(CC(C3)C1)C2. The van der Waals surface area contributed by atoms with E-state index in [1.54, 1.807) is 0 Å². The molecule has 5 rings (SSSR count). The Morgan fingerprint density at radius 1 is 1.09 bits per heavy atom. The van der Waals surface area contributed by atoms with Gasteiger partial charge in [-0.3, -0.25) is 9.36 Å². The first kappa shape index (κ1) is 25.5. The Kier molecular flexibility index (Phi) is 7.88. The molecule has 5 fully saturated rings. The maximum absolute atomic E-state index is 12.9. The van der Waals surface area contributed by atoms with E-state index in [-0.39, 0.29) is 31.0 Å². The Morgan fingerprint density at radius 3 is 2.21 bits per heavy atom. The van der Waals surface area contributed by atoms with E-state index < -0.39 is 44.2 Å². The summed E-state index contributed by atoms with van der Waals surface area (Å²) in [5.74, 6) is 2.19. The zero-order valence-corrected chi connectivity index (χ0v) is 19.9. The molecule has 11 heteroatoms. The van der Waals surface area contributed by atoms with Crippen LogP contribution in [0.25, 0.3) is 0 Å². The summed E-state index contributed by atoms with van der Waals surface area (Å²) in [6.07, 6.45) is 3.04. The number of rotatable bonds is 11. The first-order valence-corrected chi connectivity index (χ1v) is 14.0. The maximum Gasteiger partial charge on any atom is 0.330 e. The second-order valence-electron chi connectivity index (χ2n) is 10.9. The van der Waals surface area contributed by atoms with Gasteiger partial charge in [-0.15, -0.1) is 0 Å². The summed E-state index contributed by atoms with van der Waals surface area (Å²) in [5, 5.41) is 45.0. The van der Waals surface area contributed by atoms with Gasteiger partial charge in [0.2, 0.25) is 5.91 Å². The summed E-state index contributed by atoms with van der Waals surface area (Å²) < 4.78 is 17.4. The Hall–Kier alpha value is -0.580. The largest absolute Gasteiger partial charge is 0.395 e. The molecule has 4 bridgehead atoms. The van der Waals surface area contributed by atoms with Crippen molar-refractivity contribution in [1.29, 1.82) is 0 Å². The van der Waals surface area contributed by atoms with Crippen LogP contribution in [0.4, 0.5) is 0 Å². The molecule has 1 aliphatic heterocycles. The lowest BCUT2D eigenvalue weighted by Gasteiger charge is -2.55. The van der Waals surface area contributed by atoms with Gasteiger partial charge in [0.1, 0.15) is 0 Å². The number of amides is 1. The van der Waals surface area contributed by atoms with Crippen molar-refractivity contribution in [3.8, 4) is 0 Å². The van der Waals surface area contributed by atoms with Gasteiger partial charge < -0.3 is 40.5 Å². The maximum atomic E-state index is 12.9. The van der Waals surface area contributed by atoms with Crippen LogP contribution in [0.3, 0.4) is 0 Å². The van der Waals surface area contributed by atoms with Gasteiger partial charge in [-0.2, -0.15) is 0 Å². The van der Waals surface area contributed by atoms with Crippen molar-refractivity contribution in [3.63, 3.8) is 0 Å². The number of aliphatic hydroxyl groups is 4. The molecule has 1 unspecified atom stereocenters. The van der Waals surface area contributed by atoms with Crippen LogP contribution in [0.1, 0.15) is 51.4 Å². The summed E-state index contributed by atoms with van der Waals surface area (Å²) in [4.78, 5) is 23.0. The van der Waals surface area contributed by atoms with E-state index in [1.807, 2.05) is 0 Å². The smallest absolute Gasteiger partial charge is 0.330 e. The molecule has 10 nitrogen and oxygen atoms in total. The van der Waals surface area contributed by atoms with E-state index in [2.05, 4.69) is 10.6 Å². The quantitative estimate of drug-likeness (QED) is 0.152. The molecule has 0 aromatic carbocycles. The van der Waals surface area contributed by atoms with Crippen LogP contribution in [0.15, 0.2) is 0 Å². The molecular formula is C22H39N2O8P. The minimum atomic E-state index is -4.06. The molecule has 6 atom stereocenters. The van der Waals surface area contributed by atoms with Crippen LogP contribution in [0.5, 0.6) is 0 Å². The summed E-state index contributed by atoms with van der Waals surface area (Å²) >= 11 is 0. The summed E-state index contributed by atoms with van der Waals surface area (Å²) in [5.41, 5.74) is -0.215. The topological polar surface area (TPSA) is 169 Å². The van der Waals surface area contributed by atoms with Crippen LogP contribution >= 0.6 is 7.60 Å². The summed E-state index contributed by atoms with van der Waals surface area (Å²) in [6, 6.07) is -1.41. The van der Waals surface area contributed by atoms with Crippen LogP contribution in [0, 0.1) is 23.2 Å². The van der Waals surface area contributed by atoms with Crippen LogP contribution in [-0.2, 0) is 13.9 Å². The van der Waals surface area contributed by atoms with Crippen LogP contribution < -0.4 is 10.6 Å². The van der Waals surface area contributed by atoms with E-state index in [0.717, 1.165) is 19.3 Å². The lowest BCUT2D eigenvalue weighted by molar-refractivity contribution is -0.146. The third-order valence-electron chi connectivity index (χ3n) is 8.19. The molecule has 0 spiro atoms. The Morgan fingerprint density at radius 2 is 1.67 bits per heavy atom. The first-order chi connectivity index (χ1) is 15.6. The highest BCUT2D eigenvalue weighted by atomic mass is 31.2. The standard InChI is InChI=1S/C22H39N2O8P/c25-11-18-20(28)19(27)17(24-18)7-16(26)12-33(30,31)32-3-1-2-23-21(29)22-8-13-4-14(9-22)6-15(5-13)10-22/h13-20,24-28H,1-12H2,(H,23,29)(H,30,31)/t13?,14?,15?,16-,17-,18-,19-,20-,22?/m1/s1. The molecule has 1 amide bonds. The highest BCUT2D eigenvalue weighted by Gasteiger charge is 2.54. The third-order valence-corrected chi connectivity index (χ3v) is 9.66. The predicted molar refractivity (Wildman–Crippen MR) is 119 cm³/mol. The van der Waals surface area contributed by atoms with E-state index in [4.69, 9.17) is 4.52 Å². The van der Waals surface area contributed by atoms with E-state index in [9.17, 15) is 34.7 Å². The molecule has 5 aliphatic rings. The molecule has 0 aromatic rings. The fourth-order valence-electron chi connectivity index (χ4n) is 7.06. The average molecular weight is 491 g/mol. The normalized spacial score (nSPS) is 42.3. The molecule has 0 aromatic heterocycles. The van der Waals surface area contributed by atoms with Gasteiger partial charge in [-0.1, -0.05) is 0 Å². The fraction of sp³-hybridized carbons (Fsp3) is 0.955. The fourth-order valence-corrected chi connectivity index (χ4v) is 8.26. The number of nitrogens with one attached hydrogen (secondary N) is 2. The van der Waals surface area contributed by atoms with Gasteiger partial charge in [0.25, 0.3) is 0 Å². The van der Waals surface area contributed by atoms with Gasteiger partial charge in [0.05, 0.1) is 43.7 Å². The first-order valence-electron chi connectivity index (χ1n) is 12.3. The molecular weight excluding hydrogens is 451 g/mol. The number of carbonyl (C=O) groups excluding carboxylic acids is 1. The number of aliphatic hydroxyl groups excluding tert-OH is 4. The van der Waals surface area contributed by atoms with Crippen LogP contribution in [-0.4, -0.2) is 87.5 Å². The predicted octanol–water partition coefficient (Wildman–Crippen LogP) is -0.283. The lowest BCUT2D eigenvalue weighted by Crippen LogP contribution is -2.53. The minimum Gasteiger partial charge on any atom is -0.395 e. The molecule has 190 valence electrons. The van der Waals surface area contributed by atoms with Crippen molar-refractivity contribution < 1.29 is 39.2 Å². The number of carbonyl (C=O) groups is 1. The molecule has 4 aliphatic carbocycles. The summed E-state index contributed by atoms with van der Waals surface area (Å²) in [7, 11) is -4.06. The van der Waals surface area contributed by atoms with Gasteiger partial charge in [-0.25, -0.2) is 0 Å². The second-order valence-corrected chi connectivity index (χ2v) is 12.8. The van der Waals surface area contributed by atoms with Gasteiger partial charge in [-0.05, 0) is 69.1 Å². The van der Waals surface area contributed by atoms with Crippen LogP contribution in [0.2, 0.25) is 0 Å².